The number of nitrogens with zero attached hydrogens (tertiary/aromatic N) is 1. The summed E-state index contributed by atoms with van der Waals surface area (Å²) in [7, 11) is 0. The van der Waals surface area contributed by atoms with E-state index in [0.717, 1.165) is 18.5 Å². The Morgan fingerprint density at radius 2 is 1.94 bits per heavy atom. The number of hydrogen-bond donors (Lipinski definition) is 1. The summed E-state index contributed by atoms with van der Waals surface area (Å²) in [5.41, 5.74) is 0.316. The fourth-order valence-corrected chi connectivity index (χ4v) is 3.02. The molecular formula is C15H32N2. The summed E-state index contributed by atoms with van der Waals surface area (Å²) in [6.45, 7) is 16.4. The molecule has 0 amide bonds. The molecule has 0 aromatic heterocycles. The summed E-state index contributed by atoms with van der Waals surface area (Å²) in [5, 5.41) is 3.74. The molecule has 2 nitrogen and oxygen atoms in total. The highest BCUT2D eigenvalue weighted by Crippen LogP contribution is 2.24. The first-order valence-electron chi connectivity index (χ1n) is 7.42. The summed E-state index contributed by atoms with van der Waals surface area (Å²) >= 11 is 0. The predicted octanol–water partition coefficient (Wildman–Crippen LogP) is 3.27. The number of nitrogens with one attached hydrogen (secondary N) is 1. The SMILES string of the molecule is CCC1CNC(C)(CC)CN1C(C)CC(C)C. The molecule has 0 spiro atoms. The molecule has 102 valence electrons. The van der Waals surface area contributed by atoms with Gasteiger partial charge in [-0.3, -0.25) is 4.90 Å². The molecule has 0 aliphatic carbocycles. The molecule has 0 aromatic carbocycles. The maximum atomic E-state index is 3.74. The minimum atomic E-state index is 0.316. The van der Waals surface area contributed by atoms with Crippen molar-refractivity contribution in [3.05, 3.63) is 0 Å². The molecule has 1 saturated heterocycles. The van der Waals surface area contributed by atoms with Gasteiger partial charge in [-0.15, -0.1) is 0 Å². The van der Waals surface area contributed by atoms with Crippen LogP contribution in [0.4, 0.5) is 0 Å². The molecule has 1 fully saturated rings. The second-order valence-electron chi connectivity index (χ2n) is 6.51. The molecule has 2 heteroatoms. The molecule has 3 unspecified atom stereocenters. The van der Waals surface area contributed by atoms with Gasteiger partial charge in [0.25, 0.3) is 0 Å². The first-order valence-corrected chi connectivity index (χ1v) is 7.42. The summed E-state index contributed by atoms with van der Waals surface area (Å²) in [4.78, 5) is 2.75. The van der Waals surface area contributed by atoms with Crippen LogP contribution in [0.15, 0.2) is 0 Å². The van der Waals surface area contributed by atoms with Crippen LogP contribution in [0, 0.1) is 5.92 Å². The summed E-state index contributed by atoms with van der Waals surface area (Å²) in [6, 6.07) is 1.44. The molecule has 0 radical (unpaired) electrons. The van der Waals surface area contributed by atoms with Gasteiger partial charge in [-0.2, -0.15) is 0 Å². The Hall–Kier alpha value is -0.0800. The lowest BCUT2D eigenvalue weighted by atomic mass is 9.90. The molecule has 17 heavy (non-hydrogen) atoms. The van der Waals surface area contributed by atoms with E-state index >= 15 is 0 Å². The Morgan fingerprint density at radius 3 is 2.41 bits per heavy atom. The number of piperazine rings is 1. The summed E-state index contributed by atoms with van der Waals surface area (Å²) in [5.74, 6) is 0.797. The van der Waals surface area contributed by atoms with Crippen LogP contribution in [0.3, 0.4) is 0 Å². The fourth-order valence-electron chi connectivity index (χ4n) is 3.02. The van der Waals surface area contributed by atoms with Gasteiger partial charge >= 0.3 is 0 Å². The largest absolute Gasteiger partial charge is 0.309 e. The molecule has 1 N–H and O–H groups in total. The van der Waals surface area contributed by atoms with Crippen LogP contribution in [-0.2, 0) is 0 Å². The van der Waals surface area contributed by atoms with Gasteiger partial charge in [0.15, 0.2) is 0 Å². The number of rotatable bonds is 5. The lowest BCUT2D eigenvalue weighted by Crippen LogP contribution is -2.64. The summed E-state index contributed by atoms with van der Waals surface area (Å²) < 4.78 is 0. The third-order valence-corrected chi connectivity index (χ3v) is 4.40. The zero-order chi connectivity index (χ0) is 13.1. The first kappa shape index (κ1) is 15.0. The van der Waals surface area contributed by atoms with Crippen molar-refractivity contribution in [3.63, 3.8) is 0 Å². The molecule has 0 bridgehead atoms. The lowest BCUT2D eigenvalue weighted by Gasteiger charge is -2.48. The van der Waals surface area contributed by atoms with Crippen LogP contribution < -0.4 is 5.32 Å². The normalized spacial score (nSPS) is 33.0. The molecular weight excluding hydrogens is 208 g/mol. The van der Waals surface area contributed by atoms with E-state index in [1.54, 1.807) is 0 Å². The van der Waals surface area contributed by atoms with E-state index < -0.39 is 0 Å². The van der Waals surface area contributed by atoms with Crippen molar-refractivity contribution >= 4 is 0 Å². The Bertz CT molecular complexity index is 227. The van der Waals surface area contributed by atoms with Crippen LogP contribution >= 0.6 is 0 Å². The van der Waals surface area contributed by atoms with E-state index in [-0.39, 0.29) is 0 Å². The van der Waals surface area contributed by atoms with Gasteiger partial charge in [-0.25, -0.2) is 0 Å². The smallest absolute Gasteiger partial charge is 0.0278 e. The van der Waals surface area contributed by atoms with Gasteiger partial charge in [-0.05, 0) is 39.0 Å². The van der Waals surface area contributed by atoms with E-state index in [2.05, 4.69) is 51.8 Å². The molecule has 0 saturated carbocycles. The van der Waals surface area contributed by atoms with Crippen LogP contribution in [0.1, 0.15) is 60.8 Å². The van der Waals surface area contributed by atoms with Gasteiger partial charge in [0.2, 0.25) is 0 Å². The lowest BCUT2D eigenvalue weighted by molar-refractivity contribution is 0.0425. The zero-order valence-electron chi connectivity index (χ0n) is 12.7. The minimum Gasteiger partial charge on any atom is -0.309 e. The third-order valence-electron chi connectivity index (χ3n) is 4.40. The van der Waals surface area contributed by atoms with E-state index in [9.17, 15) is 0 Å². The Kier molecular flexibility index (Phi) is 5.46. The van der Waals surface area contributed by atoms with Gasteiger partial charge in [0, 0.05) is 30.7 Å². The van der Waals surface area contributed by atoms with Crippen molar-refractivity contribution in [2.24, 2.45) is 5.92 Å². The van der Waals surface area contributed by atoms with Gasteiger partial charge in [0.1, 0.15) is 0 Å². The summed E-state index contributed by atoms with van der Waals surface area (Å²) in [6.07, 6.45) is 3.79. The van der Waals surface area contributed by atoms with Crippen LogP contribution in [-0.4, -0.2) is 35.6 Å². The van der Waals surface area contributed by atoms with Crippen LogP contribution in [0.2, 0.25) is 0 Å². The van der Waals surface area contributed by atoms with Crippen molar-refractivity contribution in [2.75, 3.05) is 13.1 Å². The predicted molar refractivity (Wildman–Crippen MR) is 76.4 cm³/mol. The second kappa shape index (κ2) is 6.19. The molecule has 1 aliphatic heterocycles. The van der Waals surface area contributed by atoms with Crippen molar-refractivity contribution < 1.29 is 0 Å². The maximum absolute atomic E-state index is 3.74. The standard InChI is InChI=1S/C15H32N2/c1-7-14-10-16-15(6,8-2)11-17(14)13(5)9-12(3)4/h12-14,16H,7-11H2,1-6H3. The quantitative estimate of drug-likeness (QED) is 0.793. The molecule has 3 atom stereocenters. The van der Waals surface area contributed by atoms with E-state index in [4.69, 9.17) is 0 Å². The van der Waals surface area contributed by atoms with Crippen LogP contribution in [0.5, 0.6) is 0 Å². The highest BCUT2D eigenvalue weighted by atomic mass is 15.3. The van der Waals surface area contributed by atoms with E-state index in [0.29, 0.717) is 11.6 Å². The topological polar surface area (TPSA) is 15.3 Å². The monoisotopic (exact) mass is 240 g/mol. The second-order valence-corrected chi connectivity index (χ2v) is 6.51. The minimum absolute atomic E-state index is 0.316. The molecule has 0 aromatic rings. The zero-order valence-corrected chi connectivity index (χ0v) is 12.7. The van der Waals surface area contributed by atoms with Crippen molar-refractivity contribution in [2.45, 2.75) is 78.4 Å². The van der Waals surface area contributed by atoms with Gasteiger partial charge in [-0.1, -0.05) is 27.7 Å². The maximum Gasteiger partial charge on any atom is 0.0278 e. The number of hydrogen-bond acceptors (Lipinski definition) is 2. The Balaban J connectivity index is 2.69. The fraction of sp³-hybridized carbons (Fsp3) is 1.00. The third kappa shape index (κ3) is 3.96. The molecule has 1 heterocycles. The van der Waals surface area contributed by atoms with Crippen molar-refractivity contribution in [3.8, 4) is 0 Å². The highest BCUT2D eigenvalue weighted by Gasteiger charge is 2.35. The van der Waals surface area contributed by atoms with Crippen LogP contribution in [0.25, 0.3) is 0 Å². The van der Waals surface area contributed by atoms with E-state index in [1.807, 2.05) is 0 Å². The first-order chi connectivity index (χ1) is 7.91. The molecule has 1 rings (SSSR count). The average molecular weight is 240 g/mol. The van der Waals surface area contributed by atoms with Gasteiger partial charge in [0.05, 0.1) is 0 Å². The molecule has 1 aliphatic rings. The Labute approximate surface area is 108 Å². The average Bonchev–Trinajstić information content (AvgIpc) is 2.28. The van der Waals surface area contributed by atoms with Gasteiger partial charge < -0.3 is 5.32 Å². The Morgan fingerprint density at radius 1 is 1.29 bits per heavy atom. The van der Waals surface area contributed by atoms with Crippen molar-refractivity contribution in [1.82, 2.24) is 10.2 Å². The van der Waals surface area contributed by atoms with Crippen molar-refractivity contribution in [1.29, 1.82) is 0 Å². The van der Waals surface area contributed by atoms with E-state index in [1.165, 1.54) is 25.8 Å². The highest BCUT2D eigenvalue weighted by molar-refractivity contribution is 4.95.